The van der Waals surface area contributed by atoms with Crippen LogP contribution in [0.2, 0.25) is 5.02 Å². The summed E-state index contributed by atoms with van der Waals surface area (Å²) in [5.41, 5.74) is 8.28. The van der Waals surface area contributed by atoms with Crippen LogP contribution in [0.5, 0.6) is 0 Å². The zero-order valence-electron chi connectivity index (χ0n) is 11.4. The summed E-state index contributed by atoms with van der Waals surface area (Å²) in [6.07, 6.45) is 2.35. The second kappa shape index (κ2) is 5.70. The predicted molar refractivity (Wildman–Crippen MR) is 80.8 cm³/mol. The van der Waals surface area contributed by atoms with Gasteiger partial charge in [0, 0.05) is 19.0 Å². The van der Waals surface area contributed by atoms with Gasteiger partial charge in [0.1, 0.15) is 0 Å². The summed E-state index contributed by atoms with van der Waals surface area (Å²) in [6.45, 7) is 5.71. The summed E-state index contributed by atoms with van der Waals surface area (Å²) in [5.74, 6) is -0.122. The topological polar surface area (TPSA) is 58.4 Å². The van der Waals surface area contributed by atoms with Crippen molar-refractivity contribution in [2.75, 3.05) is 29.0 Å². The minimum Gasteiger partial charge on any atom is -0.397 e. The van der Waals surface area contributed by atoms with Crippen LogP contribution >= 0.6 is 11.6 Å². The van der Waals surface area contributed by atoms with Crippen molar-refractivity contribution < 1.29 is 4.79 Å². The quantitative estimate of drug-likeness (QED) is 0.837. The SMILES string of the molecule is CC(C)C(=O)Nc1cc(N2CCCC2)c(N)cc1Cl. The molecule has 19 heavy (non-hydrogen) atoms. The summed E-state index contributed by atoms with van der Waals surface area (Å²) in [7, 11) is 0. The third kappa shape index (κ3) is 3.13. The molecule has 1 aromatic rings. The van der Waals surface area contributed by atoms with Crippen molar-refractivity contribution in [2.45, 2.75) is 26.7 Å². The minimum atomic E-state index is -0.0798. The van der Waals surface area contributed by atoms with Crippen LogP contribution in [0.25, 0.3) is 0 Å². The molecule has 1 amide bonds. The van der Waals surface area contributed by atoms with Crippen molar-refractivity contribution in [1.82, 2.24) is 0 Å². The minimum absolute atomic E-state index is 0.0426. The fourth-order valence-electron chi connectivity index (χ4n) is 2.18. The first kappa shape index (κ1) is 14.0. The number of nitrogens with one attached hydrogen (secondary N) is 1. The highest BCUT2D eigenvalue weighted by atomic mass is 35.5. The van der Waals surface area contributed by atoms with E-state index in [0.29, 0.717) is 16.4 Å². The van der Waals surface area contributed by atoms with Gasteiger partial charge in [0.2, 0.25) is 5.91 Å². The van der Waals surface area contributed by atoms with Crippen molar-refractivity contribution in [3.8, 4) is 0 Å². The third-order valence-corrected chi connectivity index (χ3v) is 3.66. The molecule has 1 heterocycles. The number of nitrogen functional groups attached to an aromatic ring is 1. The molecule has 2 rings (SSSR count). The highest BCUT2D eigenvalue weighted by molar-refractivity contribution is 6.34. The van der Waals surface area contributed by atoms with Crippen molar-refractivity contribution in [3.63, 3.8) is 0 Å². The highest BCUT2D eigenvalue weighted by Gasteiger charge is 2.18. The van der Waals surface area contributed by atoms with E-state index in [1.54, 1.807) is 6.07 Å². The molecule has 0 saturated carbocycles. The number of hydrogen-bond donors (Lipinski definition) is 2. The van der Waals surface area contributed by atoms with Gasteiger partial charge in [0.25, 0.3) is 0 Å². The molecule has 0 radical (unpaired) electrons. The van der Waals surface area contributed by atoms with Crippen LogP contribution in [0.3, 0.4) is 0 Å². The second-order valence-electron chi connectivity index (χ2n) is 5.23. The van der Waals surface area contributed by atoms with Gasteiger partial charge in [-0.2, -0.15) is 0 Å². The number of hydrogen-bond acceptors (Lipinski definition) is 3. The van der Waals surface area contributed by atoms with E-state index in [-0.39, 0.29) is 11.8 Å². The number of amides is 1. The van der Waals surface area contributed by atoms with Crippen molar-refractivity contribution >= 4 is 34.6 Å². The van der Waals surface area contributed by atoms with Gasteiger partial charge < -0.3 is 16.0 Å². The molecular formula is C14H20ClN3O. The number of carbonyl (C=O) groups excluding carboxylic acids is 1. The number of benzene rings is 1. The summed E-state index contributed by atoms with van der Waals surface area (Å²) >= 11 is 6.14. The Labute approximate surface area is 118 Å². The summed E-state index contributed by atoms with van der Waals surface area (Å²) in [4.78, 5) is 14.0. The molecule has 1 fully saturated rings. The maximum atomic E-state index is 11.8. The first-order valence-corrected chi connectivity index (χ1v) is 7.01. The Morgan fingerprint density at radius 1 is 1.37 bits per heavy atom. The molecule has 0 aliphatic carbocycles. The van der Waals surface area contributed by atoms with Gasteiger partial charge in [-0.3, -0.25) is 4.79 Å². The monoisotopic (exact) mass is 281 g/mol. The molecule has 0 bridgehead atoms. The predicted octanol–water partition coefficient (Wildman–Crippen LogP) is 3.12. The lowest BCUT2D eigenvalue weighted by molar-refractivity contribution is -0.118. The Morgan fingerprint density at radius 2 is 2.00 bits per heavy atom. The van der Waals surface area contributed by atoms with Crippen LogP contribution in [0, 0.1) is 5.92 Å². The molecule has 5 heteroatoms. The molecule has 3 N–H and O–H groups in total. The van der Waals surface area contributed by atoms with Gasteiger partial charge in [-0.1, -0.05) is 25.4 Å². The van der Waals surface area contributed by atoms with E-state index in [2.05, 4.69) is 10.2 Å². The normalized spacial score (nSPS) is 15.1. The van der Waals surface area contributed by atoms with E-state index < -0.39 is 0 Å². The van der Waals surface area contributed by atoms with Gasteiger partial charge in [-0.25, -0.2) is 0 Å². The van der Waals surface area contributed by atoms with E-state index in [4.69, 9.17) is 17.3 Å². The van der Waals surface area contributed by atoms with Crippen molar-refractivity contribution in [1.29, 1.82) is 0 Å². The van der Waals surface area contributed by atoms with Crippen LogP contribution in [0.15, 0.2) is 12.1 Å². The highest BCUT2D eigenvalue weighted by Crippen LogP contribution is 2.35. The molecule has 1 aliphatic heterocycles. The second-order valence-corrected chi connectivity index (χ2v) is 5.64. The first-order valence-electron chi connectivity index (χ1n) is 6.64. The fourth-order valence-corrected chi connectivity index (χ4v) is 2.40. The lowest BCUT2D eigenvalue weighted by atomic mass is 10.2. The smallest absolute Gasteiger partial charge is 0.226 e. The van der Waals surface area contributed by atoms with Crippen LogP contribution in [-0.4, -0.2) is 19.0 Å². The largest absolute Gasteiger partial charge is 0.397 e. The van der Waals surface area contributed by atoms with Gasteiger partial charge in [0.15, 0.2) is 0 Å². The molecule has 0 unspecified atom stereocenters. The van der Waals surface area contributed by atoms with Crippen molar-refractivity contribution in [3.05, 3.63) is 17.2 Å². The lowest BCUT2D eigenvalue weighted by Crippen LogP contribution is -2.21. The Morgan fingerprint density at radius 3 is 2.58 bits per heavy atom. The average molecular weight is 282 g/mol. The van der Waals surface area contributed by atoms with E-state index in [1.807, 2.05) is 19.9 Å². The van der Waals surface area contributed by atoms with Crippen LogP contribution in [-0.2, 0) is 4.79 Å². The molecule has 0 aromatic heterocycles. The molecule has 1 saturated heterocycles. The Hall–Kier alpha value is -1.42. The number of carbonyl (C=O) groups is 1. The molecule has 0 atom stereocenters. The zero-order chi connectivity index (χ0) is 14.0. The van der Waals surface area contributed by atoms with E-state index in [0.717, 1.165) is 18.8 Å². The summed E-state index contributed by atoms with van der Waals surface area (Å²) < 4.78 is 0. The maximum absolute atomic E-state index is 11.8. The van der Waals surface area contributed by atoms with Gasteiger partial charge in [-0.15, -0.1) is 0 Å². The molecule has 0 spiro atoms. The fraction of sp³-hybridized carbons (Fsp3) is 0.500. The molecular weight excluding hydrogens is 262 g/mol. The van der Waals surface area contributed by atoms with Crippen LogP contribution in [0.1, 0.15) is 26.7 Å². The summed E-state index contributed by atoms with van der Waals surface area (Å²) in [5, 5.41) is 3.33. The number of nitrogens with zero attached hydrogens (tertiary/aromatic N) is 1. The van der Waals surface area contributed by atoms with Gasteiger partial charge >= 0.3 is 0 Å². The Bertz CT molecular complexity index is 482. The standard InChI is InChI=1S/C14H20ClN3O/c1-9(2)14(19)17-12-8-13(11(16)7-10(12)15)18-5-3-4-6-18/h7-9H,3-6,16H2,1-2H3,(H,17,19). The van der Waals surface area contributed by atoms with Crippen LogP contribution < -0.4 is 16.0 Å². The maximum Gasteiger partial charge on any atom is 0.226 e. The van der Waals surface area contributed by atoms with Crippen molar-refractivity contribution in [2.24, 2.45) is 5.92 Å². The Balaban J connectivity index is 2.28. The van der Waals surface area contributed by atoms with Crippen LogP contribution in [0.4, 0.5) is 17.1 Å². The first-order chi connectivity index (χ1) is 8.99. The number of halogens is 1. The van der Waals surface area contributed by atoms with Gasteiger partial charge in [0.05, 0.1) is 22.1 Å². The zero-order valence-corrected chi connectivity index (χ0v) is 12.1. The van der Waals surface area contributed by atoms with E-state index in [1.165, 1.54) is 12.8 Å². The van der Waals surface area contributed by atoms with E-state index >= 15 is 0 Å². The lowest BCUT2D eigenvalue weighted by Gasteiger charge is -2.21. The average Bonchev–Trinajstić information content (AvgIpc) is 2.85. The van der Waals surface area contributed by atoms with Gasteiger partial charge in [-0.05, 0) is 25.0 Å². The summed E-state index contributed by atoms with van der Waals surface area (Å²) in [6, 6.07) is 3.59. The van der Waals surface area contributed by atoms with E-state index in [9.17, 15) is 4.79 Å². The molecule has 1 aliphatic rings. The molecule has 104 valence electrons. The molecule has 1 aromatic carbocycles. The Kier molecular flexibility index (Phi) is 4.20. The number of nitrogens with two attached hydrogens (primary N) is 1. The number of anilines is 3. The third-order valence-electron chi connectivity index (χ3n) is 3.35. The molecule has 4 nitrogen and oxygen atoms in total. The number of rotatable bonds is 3.